The Bertz CT molecular complexity index is 2680. The van der Waals surface area contributed by atoms with Crippen LogP contribution in [0.15, 0.2) is 169 Å². The van der Waals surface area contributed by atoms with Crippen molar-refractivity contribution in [3.8, 4) is 56.4 Å². The highest BCUT2D eigenvalue weighted by Gasteiger charge is 2.53. The average Bonchev–Trinajstić information content (AvgIpc) is 3.66. The standard InChI is InChI=1S/C54H45N3/c1-53(2)47-32-40(27-28-43(47)44-34-49-45(33-48(44)53)42-21-10-11-22-46(42)54(49)29-12-5-13-30-54)36-25-23-35(24-26-36)39-19-14-20-41(31-39)52-56-50(37-15-6-3-7-16-37)55-51(57-52)38-17-8-4-9-18-38/h3-4,6-11,14-28,31-34,45,49H,5,12-13,29-30H2,1-2H3. The van der Waals surface area contributed by atoms with E-state index in [1.165, 1.54) is 65.5 Å². The molecule has 1 spiro atoms. The molecule has 1 fully saturated rings. The highest BCUT2D eigenvalue weighted by atomic mass is 15.0. The second-order valence-corrected chi connectivity index (χ2v) is 17.1. The van der Waals surface area contributed by atoms with Gasteiger partial charge in [0.2, 0.25) is 0 Å². The number of aromatic nitrogens is 3. The molecule has 1 aromatic heterocycles. The molecule has 276 valence electrons. The Kier molecular flexibility index (Phi) is 7.90. The summed E-state index contributed by atoms with van der Waals surface area (Å²) in [4.78, 5) is 14.8. The van der Waals surface area contributed by atoms with E-state index in [1.807, 2.05) is 60.7 Å². The van der Waals surface area contributed by atoms with Gasteiger partial charge in [0.25, 0.3) is 0 Å². The molecule has 2 atom stereocenters. The Morgan fingerprint density at radius 1 is 0.456 bits per heavy atom. The zero-order chi connectivity index (χ0) is 38.1. The van der Waals surface area contributed by atoms with Gasteiger partial charge in [-0.15, -0.1) is 0 Å². The monoisotopic (exact) mass is 735 g/mol. The van der Waals surface area contributed by atoms with Crippen LogP contribution in [0, 0.1) is 5.92 Å². The van der Waals surface area contributed by atoms with Gasteiger partial charge in [-0.2, -0.15) is 0 Å². The fraction of sp³-hybridized carbons (Fsp3) is 0.204. The molecule has 3 nitrogen and oxygen atoms in total. The van der Waals surface area contributed by atoms with Crippen LogP contribution in [-0.4, -0.2) is 15.0 Å². The highest BCUT2D eigenvalue weighted by Crippen LogP contribution is 2.63. The third-order valence-electron chi connectivity index (χ3n) is 13.6. The fourth-order valence-electron chi connectivity index (χ4n) is 10.8. The second-order valence-electron chi connectivity index (χ2n) is 17.1. The van der Waals surface area contributed by atoms with Gasteiger partial charge >= 0.3 is 0 Å². The van der Waals surface area contributed by atoms with Crippen LogP contribution in [-0.2, 0) is 10.8 Å². The third kappa shape index (κ3) is 5.51. The first-order valence-corrected chi connectivity index (χ1v) is 20.7. The van der Waals surface area contributed by atoms with Crippen molar-refractivity contribution in [2.75, 3.05) is 0 Å². The van der Waals surface area contributed by atoms with Crippen molar-refractivity contribution in [3.05, 3.63) is 192 Å². The van der Waals surface area contributed by atoms with Gasteiger partial charge in [0.05, 0.1) is 0 Å². The summed E-state index contributed by atoms with van der Waals surface area (Å²) in [5, 5.41) is 0. The van der Waals surface area contributed by atoms with Crippen LogP contribution in [0.1, 0.15) is 74.1 Å². The summed E-state index contributed by atoms with van der Waals surface area (Å²) in [6.07, 6.45) is 12.1. The van der Waals surface area contributed by atoms with Gasteiger partial charge < -0.3 is 0 Å². The molecule has 7 aromatic rings. The Labute approximate surface area is 336 Å². The first-order valence-electron chi connectivity index (χ1n) is 20.7. The van der Waals surface area contributed by atoms with E-state index in [-0.39, 0.29) is 10.8 Å². The maximum absolute atomic E-state index is 4.97. The minimum Gasteiger partial charge on any atom is -0.208 e. The lowest BCUT2D eigenvalue weighted by Gasteiger charge is -2.41. The van der Waals surface area contributed by atoms with Gasteiger partial charge in [-0.1, -0.05) is 185 Å². The van der Waals surface area contributed by atoms with Crippen LogP contribution in [0.2, 0.25) is 0 Å². The van der Waals surface area contributed by atoms with E-state index in [2.05, 4.69) is 117 Å². The fourth-order valence-corrected chi connectivity index (χ4v) is 10.8. The first kappa shape index (κ1) is 34.1. The number of fused-ring (bicyclic) bond motifs is 8. The van der Waals surface area contributed by atoms with Gasteiger partial charge in [0.1, 0.15) is 0 Å². The second kappa shape index (κ2) is 13.2. The molecule has 2 unspecified atom stereocenters. The molecule has 0 bridgehead atoms. The van der Waals surface area contributed by atoms with Crippen molar-refractivity contribution in [3.63, 3.8) is 0 Å². The van der Waals surface area contributed by atoms with Crippen molar-refractivity contribution in [2.45, 2.75) is 62.7 Å². The molecule has 3 heteroatoms. The number of rotatable bonds is 5. The van der Waals surface area contributed by atoms with Gasteiger partial charge in [0.15, 0.2) is 17.5 Å². The number of hydrogen-bond donors (Lipinski definition) is 0. The number of benzene rings is 6. The Hall–Kier alpha value is -6.19. The highest BCUT2D eigenvalue weighted by molar-refractivity contribution is 5.92. The summed E-state index contributed by atoms with van der Waals surface area (Å²) in [5.74, 6) is 3.01. The predicted molar refractivity (Wildman–Crippen MR) is 234 cm³/mol. The first-order chi connectivity index (χ1) is 28.0. The molecule has 57 heavy (non-hydrogen) atoms. The summed E-state index contributed by atoms with van der Waals surface area (Å²) in [6, 6.07) is 54.5. The minimum atomic E-state index is -0.0599. The molecular weight excluding hydrogens is 691 g/mol. The molecule has 0 N–H and O–H groups in total. The van der Waals surface area contributed by atoms with E-state index in [0.29, 0.717) is 29.3 Å². The van der Waals surface area contributed by atoms with Crippen LogP contribution in [0.4, 0.5) is 0 Å². The Morgan fingerprint density at radius 2 is 1.00 bits per heavy atom. The van der Waals surface area contributed by atoms with E-state index >= 15 is 0 Å². The van der Waals surface area contributed by atoms with Crippen molar-refractivity contribution < 1.29 is 0 Å². The minimum absolute atomic E-state index is 0.0599. The molecule has 0 saturated heterocycles. The van der Waals surface area contributed by atoms with Gasteiger partial charge in [0, 0.05) is 33.4 Å². The number of allylic oxidation sites excluding steroid dienone is 4. The molecule has 0 aliphatic heterocycles. The summed E-state index contributed by atoms with van der Waals surface area (Å²) in [5.41, 5.74) is 17.0. The third-order valence-corrected chi connectivity index (χ3v) is 13.6. The van der Waals surface area contributed by atoms with Crippen molar-refractivity contribution in [2.24, 2.45) is 5.92 Å². The predicted octanol–water partition coefficient (Wildman–Crippen LogP) is 13.4. The van der Waals surface area contributed by atoms with E-state index in [4.69, 9.17) is 15.0 Å². The van der Waals surface area contributed by atoms with E-state index in [1.54, 1.807) is 11.1 Å². The topological polar surface area (TPSA) is 38.7 Å². The van der Waals surface area contributed by atoms with Gasteiger partial charge in [-0.05, 0) is 86.5 Å². The molecule has 1 heterocycles. The summed E-state index contributed by atoms with van der Waals surface area (Å²) < 4.78 is 0. The maximum Gasteiger partial charge on any atom is 0.164 e. The molecule has 0 amide bonds. The molecule has 11 rings (SSSR count). The van der Waals surface area contributed by atoms with Gasteiger partial charge in [-0.3, -0.25) is 0 Å². The molecular formula is C54H45N3. The molecule has 0 radical (unpaired) electrons. The molecule has 6 aromatic carbocycles. The largest absolute Gasteiger partial charge is 0.208 e. The quantitative estimate of drug-likeness (QED) is 0.177. The maximum atomic E-state index is 4.97. The zero-order valence-corrected chi connectivity index (χ0v) is 32.6. The van der Waals surface area contributed by atoms with E-state index in [9.17, 15) is 0 Å². The van der Waals surface area contributed by atoms with E-state index in [0.717, 1.165) is 27.8 Å². The molecule has 4 aliphatic carbocycles. The van der Waals surface area contributed by atoms with Crippen LogP contribution in [0.3, 0.4) is 0 Å². The zero-order valence-electron chi connectivity index (χ0n) is 32.6. The molecule has 4 aliphatic rings. The Balaban J connectivity index is 0.913. The van der Waals surface area contributed by atoms with Crippen molar-refractivity contribution >= 4 is 5.57 Å². The van der Waals surface area contributed by atoms with Gasteiger partial charge in [-0.25, -0.2) is 15.0 Å². The van der Waals surface area contributed by atoms with Crippen molar-refractivity contribution in [1.82, 2.24) is 15.0 Å². The SMILES string of the molecule is CC1(C)C2=CC3c4ccccc4C4(CCCCC4)C3C=C2c2ccc(-c3ccc(-c4cccc(-c5nc(-c6ccccc6)nc(-c6ccccc6)n5)c4)cc3)cc21. The lowest BCUT2D eigenvalue weighted by atomic mass is 9.62. The average molecular weight is 736 g/mol. The molecule has 1 saturated carbocycles. The van der Waals surface area contributed by atoms with Crippen LogP contribution in [0.5, 0.6) is 0 Å². The summed E-state index contributed by atoms with van der Waals surface area (Å²) in [6.45, 7) is 4.88. The number of hydrogen-bond acceptors (Lipinski definition) is 3. The summed E-state index contributed by atoms with van der Waals surface area (Å²) in [7, 11) is 0. The Morgan fingerprint density at radius 3 is 1.67 bits per heavy atom. The number of nitrogens with zero attached hydrogens (tertiary/aromatic N) is 3. The van der Waals surface area contributed by atoms with E-state index < -0.39 is 0 Å². The lowest BCUT2D eigenvalue weighted by molar-refractivity contribution is 0.233. The lowest BCUT2D eigenvalue weighted by Crippen LogP contribution is -2.35. The normalized spacial score (nSPS) is 19.5. The van der Waals surface area contributed by atoms with Crippen molar-refractivity contribution in [1.29, 1.82) is 0 Å². The summed E-state index contributed by atoms with van der Waals surface area (Å²) >= 11 is 0. The van der Waals surface area contributed by atoms with Crippen LogP contribution in [0.25, 0.3) is 62.0 Å². The van der Waals surface area contributed by atoms with Crippen LogP contribution >= 0.6 is 0 Å². The smallest absolute Gasteiger partial charge is 0.164 e. The van der Waals surface area contributed by atoms with Crippen LogP contribution < -0.4 is 0 Å².